The minimum atomic E-state index is -3.64. The Labute approximate surface area is 225 Å². The van der Waals surface area contributed by atoms with Crippen molar-refractivity contribution >= 4 is 27.3 Å². The van der Waals surface area contributed by atoms with E-state index in [-0.39, 0.29) is 17.9 Å². The largest absolute Gasteiger partial charge is 0.325 e. The Balaban J connectivity index is 1.13. The zero-order valence-electron chi connectivity index (χ0n) is 21.8. The Kier molecular flexibility index (Phi) is 6.50. The van der Waals surface area contributed by atoms with Crippen molar-refractivity contribution in [1.29, 1.82) is 0 Å². The van der Waals surface area contributed by atoms with Gasteiger partial charge >= 0.3 is 0 Å². The molecule has 4 fully saturated rings. The maximum Gasteiger partial charge on any atom is 0.245 e. The Bertz CT molecular complexity index is 1370. The average molecular weight is 530 g/mol. The highest BCUT2D eigenvalue weighted by Crippen LogP contribution is 2.60. The molecule has 2 aromatic carbocycles. The van der Waals surface area contributed by atoms with E-state index in [4.69, 9.17) is 0 Å². The van der Waals surface area contributed by atoms with Crippen molar-refractivity contribution in [3.05, 3.63) is 89.7 Å². The molecule has 1 heterocycles. The molecule has 38 heavy (non-hydrogen) atoms. The smallest absolute Gasteiger partial charge is 0.245 e. The highest BCUT2D eigenvalue weighted by molar-refractivity contribution is 7.92. The van der Waals surface area contributed by atoms with Crippen LogP contribution < -0.4 is 9.62 Å². The summed E-state index contributed by atoms with van der Waals surface area (Å²) in [7, 11) is -3.64. The summed E-state index contributed by atoms with van der Waals surface area (Å²) in [6.07, 6.45) is 13.4. The number of amides is 1. The fourth-order valence-corrected chi connectivity index (χ4v) is 8.48. The molecule has 4 bridgehead atoms. The van der Waals surface area contributed by atoms with E-state index in [2.05, 4.69) is 22.4 Å². The molecule has 4 aliphatic rings. The lowest BCUT2D eigenvalue weighted by atomic mass is 9.48. The maximum absolute atomic E-state index is 12.9. The van der Waals surface area contributed by atoms with Crippen molar-refractivity contribution in [2.75, 3.05) is 22.4 Å². The van der Waals surface area contributed by atoms with Crippen LogP contribution in [0.15, 0.2) is 73.1 Å². The lowest BCUT2D eigenvalue weighted by Gasteiger charge is -2.57. The van der Waals surface area contributed by atoms with E-state index >= 15 is 0 Å². The van der Waals surface area contributed by atoms with Crippen LogP contribution in [0.1, 0.15) is 55.2 Å². The van der Waals surface area contributed by atoms with Crippen LogP contribution in [0.3, 0.4) is 0 Å². The predicted molar refractivity (Wildman–Crippen MR) is 151 cm³/mol. The van der Waals surface area contributed by atoms with Crippen LogP contribution in [0.2, 0.25) is 0 Å². The number of aromatic nitrogens is 1. The first-order chi connectivity index (χ1) is 18.3. The fraction of sp³-hybridized carbons (Fsp3) is 0.419. The molecule has 7 rings (SSSR count). The van der Waals surface area contributed by atoms with Gasteiger partial charge in [0, 0.05) is 18.1 Å². The molecule has 1 aromatic heterocycles. The van der Waals surface area contributed by atoms with Gasteiger partial charge in [0.25, 0.3) is 0 Å². The SMILES string of the molecule is CS(=O)(=O)N(CC(=O)Nc1ccc(Cc2ccncc2)cc1)c1ccc(C23CC4CC(CC(C4)C2)C3)cc1. The quantitative estimate of drug-likeness (QED) is 0.415. The normalized spacial score (nSPS) is 25.8. The van der Waals surface area contributed by atoms with Gasteiger partial charge in [-0.25, -0.2) is 8.42 Å². The molecule has 4 saturated carbocycles. The zero-order valence-corrected chi connectivity index (χ0v) is 22.7. The van der Waals surface area contributed by atoms with Gasteiger partial charge in [-0.2, -0.15) is 0 Å². The van der Waals surface area contributed by atoms with Crippen LogP contribution in [0.25, 0.3) is 0 Å². The lowest BCUT2D eigenvalue weighted by Crippen LogP contribution is -2.48. The number of pyridine rings is 1. The molecule has 0 aliphatic heterocycles. The number of hydrogen-bond donors (Lipinski definition) is 1. The van der Waals surface area contributed by atoms with Gasteiger partial charge in [-0.1, -0.05) is 24.3 Å². The van der Waals surface area contributed by atoms with Crippen molar-refractivity contribution in [3.8, 4) is 0 Å². The van der Waals surface area contributed by atoms with Gasteiger partial charge in [0.15, 0.2) is 0 Å². The van der Waals surface area contributed by atoms with Crippen LogP contribution in [-0.2, 0) is 26.7 Å². The number of sulfonamides is 1. The Hall–Kier alpha value is -3.19. The van der Waals surface area contributed by atoms with E-state index in [9.17, 15) is 13.2 Å². The summed E-state index contributed by atoms with van der Waals surface area (Å²) >= 11 is 0. The molecule has 7 heteroatoms. The molecule has 0 radical (unpaired) electrons. The maximum atomic E-state index is 12.9. The van der Waals surface area contributed by atoms with Gasteiger partial charge in [-0.3, -0.25) is 14.1 Å². The first-order valence-corrected chi connectivity index (χ1v) is 15.5. The molecule has 0 unspecified atom stereocenters. The van der Waals surface area contributed by atoms with Crippen LogP contribution in [-0.4, -0.2) is 32.1 Å². The highest BCUT2D eigenvalue weighted by atomic mass is 32.2. The number of carbonyl (C=O) groups is 1. The standard InChI is InChI=1S/C31H35N3O3S/c1-38(36,37)34(21-30(35)33-28-6-2-22(3-7-28)14-23-10-12-32-13-11-23)29-8-4-27(5-9-29)31-18-24-15-25(19-31)17-26(16-24)20-31/h2-13,24-26H,14-21H2,1H3,(H,33,35). The van der Waals surface area contributed by atoms with Gasteiger partial charge in [0.2, 0.25) is 15.9 Å². The van der Waals surface area contributed by atoms with Gasteiger partial charge < -0.3 is 5.32 Å². The van der Waals surface area contributed by atoms with E-state index < -0.39 is 10.0 Å². The van der Waals surface area contributed by atoms with Gasteiger partial charge in [-0.05, 0) is 121 Å². The van der Waals surface area contributed by atoms with Crippen molar-refractivity contribution in [3.63, 3.8) is 0 Å². The molecular weight excluding hydrogens is 494 g/mol. The van der Waals surface area contributed by atoms with Crippen molar-refractivity contribution in [2.45, 2.75) is 50.4 Å². The molecule has 0 spiro atoms. The third-order valence-electron chi connectivity index (χ3n) is 8.89. The second kappa shape index (κ2) is 9.84. The Morgan fingerprint density at radius 3 is 1.97 bits per heavy atom. The first kappa shape index (κ1) is 25.1. The highest BCUT2D eigenvalue weighted by Gasteiger charge is 2.51. The predicted octanol–water partition coefficient (Wildman–Crippen LogP) is 5.54. The zero-order chi connectivity index (χ0) is 26.3. The molecule has 4 aliphatic carbocycles. The second-order valence-electron chi connectivity index (χ2n) is 11.8. The van der Waals surface area contributed by atoms with E-state index in [1.807, 2.05) is 48.5 Å². The minimum absolute atomic E-state index is 0.254. The lowest BCUT2D eigenvalue weighted by molar-refractivity contribution is -0.114. The second-order valence-corrected chi connectivity index (χ2v) is 13.7. The number of nitrogens with one attached hydrogen (secondary N) is 1. The number of benzene rings is 2. The van der Waals surface area contributed by atoms with E-state index in [1.54, 1.807) is 12.4 Å². The molecule has 0 atom stereocenters. The van der Waals surface area contributed by atoms with Crippen LogP contribution in [0, 0.1) is 17.8 Å². The fourth-order valence-electron chi connectivity index (χ4n) is 7.62. The van der Waals surface area contributed by atoms with Crippen molar-refractivity contribution < 1.29 is 13.2 Å². The third-order valence-corrected chi connectivity index (χ3v) is 10.0. The molecular formula is C31H35N3O3S. The molecule has 1 amide bonds. The number of anilines is 2. The minimum Gasteiger partial charge on any atom is -0.325 e. The summed E-state index contributed by atoms with van der Waals surface area (Å²) in [5.74, 6) is 2.17. The summed E-state index contributed by atoms with van der Waals surface area (Å²) in [4.78, 5) is 16.9. The summed E-state index contributed by atoms with van der Waals surface area (Å²) in [5.41, 5.74) is 5.04. The van der Waals surface area contributed by atoms with Gasteiger partial charge in [-0.15, -0.1) is 0 Å². The summed E-state index contributed by atoms with van der Waals surface area (Å²) < 4.78 is 26.6. The summed E-state index contributed by atoms with van der Waals surface area (Å²) in [5, 5.41) is 2.85. The van der Waals surface area contributed by atoms with E-state index in [0.29, 0.717) is 11.4 Å². The van der Waals surface area contributed by atoms with E-state index in [0.717, 1.165) is 41.6 Å². The number of carbonyl (C=O) groups excluding carboxylic acids is 1. The summed E-state index contributed by atoms with van der Waals surface area (Å²) in [6, 6.07) is 19.6. The number of nitrogens with zero attached hydrogens (tertiary/aromatic N) is 2. The summed E-state index contributed by atoms with van der Waals surface area (Å²) in [6.45, 7) is -0.270. The third kappa shape index (κ3) is 5.21. The van der Waals surface area contributed by atoms with E-state index in [1.165, 1.54) is 48.4 Å². The van der Waals surface area contributed by atoms with Crippen molar-refractivity contribution in [2.24, 2.45) is 17.8 Å². The molecule has 198 valence electrons. The van der Waals surface area contributed by atoms with Gasteiger partial charge in [0.05, 0.1) is 11.9 Å². The molecule has 6 nitrogen and oxygen atoms in total. The molecule has 3 aromatic rings. The average Bonchev–Trinajstić information content (AvgIpc) is 2.88. The Morgan fingerprint density at radius 2 is 1.42 bits per heavy atom. The number of rotatable bonds is 8. The molecule has 0 saturated heterocycles. The number of hydrogen-bond acceptors (Lipinski definition) is 4. The van der Waals surface area contributed by atoms with Crippen LogP contribution >= 0.6 is 0 Å². The van der Waals surface area contributed by atoms with Crippen LogP contribution in [0.5, 0.6) is 0 Å². The first-order valence-electron chi connectivity index (χ1n) is 13.6. The monoisotopic (exact) mass is 529 g/mol. The topological polar surface area (TPSA) is 79.4 Å². The van der Waals surface area contributed by atoms with Gasteiger partial charge in [0.1, 0.15) is 6.54 Å². The Morgan fingerprint density at radius 1 is 0.868 bits per heavy atom. The van der Waals surface area contributed by atoms with Crippen molar-refractivity contribution in [1.82, 2.24) is 4.98 Å². The van der Waals surface area contributed by atoms with Crippen LogP contribution in [0.4, 0.5) is 11.4 Å². The molecule has 1 N–H and O–H groups in total.